The number of carbonyl (C=O) groups excluding carboxylic acids is 1. The molecule has 1 fully saturated rings. The van der Waals surface area contributed by atoms with E-state index in [2.05, 4.69) is 6.07 Å². The van der Waals surface area contributed by atoms with Crippen LogP contribution in [-0.4, -0.2) is 12.6 Å². The second-order valence-corrected chi connectivity index (χ2v) is 3.03. The summed E-state index contributed by atoms with van der Waals surface area (Å²) in [5.41, 5.74) is -0.342. The van der Waals surface area contributed by atoms with Gasteiger partial charge in [0.25, 0.3) is 0 Å². The van der Waals surface area contributed by atoms with Crippen LogP contribution in [-0.2, 0) is 9.53 Å². The van der Waals surface area contributed by atoms with Gasteiger partial charge in [-0.15, -0.1) is 0 Å². The average Bonchev–Trinajstić information content (AvgIpc) is 1.86. The lowest BCUT2D eigenvalue weighted by atomic mass is 9.71. The maximum absolute atomic E-state index is 10.4. The molecule has 0 spiro atoms. The number of ether oxygens (including phenoxy) is 1. The molecule has 1 saturated carbocycles. The molecule has 0 unspecified atom stereocenters. The molecule has 0 bridgehead atoms. The minimum Gasteiger partial charge on any atom is -0.464 e. The SMILES string of the molecule is CC(=O)OCC1(C#N)CCC1. The van der Waals surface area contributed by atoms with E-state index in [0.717, 1.165) is 19.3 Å². The highest BCUT2D eigenvalue weighted by molar-refractivity contribution is 5.66. The van der Waals surface area contributed by atoms with Gasteiger partial charge in [-0.25, -0.2) is 0 Å². The van der Waals surface area contributed by atoms with Gasteiger partial charge in [0.05, 0.1) is 11.5 Å². The first-order valence-electron chi connectivity index (χ1n) is 3.73. The number of esters is 1. The van der Waals surface area contributed by atoms with Crippen molar-refractivity contribution in [3.63, 3.8) is 0 Å². The summed E-state index contributed by atoms with van der Waals surface area (Å²) < 4.78 is 4.78. The quantitative estimate of drug-likeness (QED) is 0.561. The molecule has 1 aliphatic carbocycles. The van der Waals surface area contributed by atoms with Crippen molar-refractivity contribution in [1.29, 1.82) is 5.26 Å². The maximum atomic E-state index is 10.4. The molecule has 0 heterocycles. The average molecular weight is 153 g/mol. The molecule has 1 aliphatic rings. The van der Waals surface area contributed by atoms with Crippen LogP contribution in [0.5, 0.6) is 0 Å². The number of rotatable bonds is 2. The molecule has 3 heteroatoms. The van der Waals surface area contributed by atoms with Crippen LogP contribution in [0.2, 0.25) is 0 Å². The Hall–Kier alpha value is -1.04. The zero-order valence-electron chi connectivity index (χ0n) is 6.59. The van der Waals surface area contributed by atoms with Crippen LogP contribution < -0.4 is 0 Å². The smallest absolute Gasteiger partial charge is 0.302 e. The first kappa shape index (κ1) is 8.06. The minimum absolute atomic E-state index is 0.277. The van der Waals surface area contributed by atoms with E-state index in [1.54, 1.807) is 0 Å². The standard InChI is InChI=1S/C8H11NO2/c1-7(10)11-6-8(5-9)3-2-4-8/h2-4,6H2,1H3. The Bertz CT molecular complexity index is 201. The van der Waals surface area contributed by atoms with Gasteiger partial charge in [-0.2, -0.15) is 5.26 Å². The van der Waals surface area contributed by atoms with Gasteiger partial charge in [-0.3, -0.25) is 4.79 Å². The summed E-state index contributed by atoms with van der Waals surface area (Å²) in [7, 11) is 0. The molecular formula is C8H11NO2. The van der Waals surface area contributed by atoms with Gasteiger partial charge in [0, 0.05) is 6.92 Å². The molecule has 0 aromatic carbocycles. The van der Waals surface area contributed by atoms with E-state index < -0.39 is 0 Å². The molecule has 11 heavy (non-hydrogen) atoms. The van der Waals surface area contributed by atoms with Crippen molar-refractivity contribution in [1.82, 2.24) is 0 Å². The first-order chi connectivity index (χ1) is 5.18. The van der Waals surface area contributed by atoms with Gasteiger partial charge >= 0.3 is 5.97 Å². The maximum Gasteiger partial charge on any atom is 0.302 e. The predicted molar refractivity (Wildman–Crippen MR) is 38.5 cm³/mol. The first-order valence-corrected chi connectivity index (χ1v) is 3.73. The zero-order chi connectivity index (χ0) is 8.32. The van der Waals surface area contributed by atoms with E-state index in [0.29, 0.717) is 0 Å². The minimum atomic E-state index is -0.342. The van der Waals surface area contributed by atoms with Gasteiger partial charge in [0.15, 0.2) is 0 Å². The van der Waals surface area contributed by atoms with E-state index in [4.69, 9.17) is 10.00 Å². The number of hydrogen-bond donors (Lipinski definition) is 0. The summed E-state index contributed by atoms with van der Waals surface area (Å²) in [4.78, 5) is 10.4. The zero-order valence-corrected chi connectivity index (χ0v) is 6.59. The van der Waals surface area contributed by atoms with Crippen molar-refractivity contribution in [2.45, 2.75) is 26.2 Å². The number of nitriles is 1. The van der Waals surface area contributed by atoms with Gasteiger partial charge in [0.1, 0.15) is 6.61 Å². The van der Waals surface area contributed by atoms with Crippen molar-refractivity contribution in [3.05, 3.63) is 0 Å². The van der Waals surface area contributed by atoms with E-state index in [-0.39, 0.29) is 18.0 Å². The molecule has 0 saturated heterocycles. The summed E-state index contributed by atoms with van der Waals surface area (Å²) in [5.74, 6) is -0.300. The van der Waals surface area contributed by atoms with Crippen molar-refractivity contribution in [2.75, 3.05) is 6.61 Å². The fraction of sp³-hybridized carbons (Fsp3) is 0.750. The highest BCUT2D eigenvalue weighted by Crippen LogP contribution is 2.40. The molecule has 0 aromatic rings. The summed E-state index contributed by atoms with van der Waals surface area (Å²) in [5, 5.41) is 8.71. The van der Waals surface area contributed by atoms with Crippen molar-refractivity contribution >= 4 is 5.97 Å². The van der Waals surface area contributed by atoms with Gasteiger partial charge in [-0.05, 0) is 12.8 Å². The van der Waals surface area contributed by atoms with Crippen LogP contribution in [0.4, 0.5) is 0 Å². The Morgan fingerprint density at radius 1 is 1.73 bits per heavy atom. The van der Waals surface area contributed by atoms with Crippen molar-refractivity contribution in [2.24, 2.45) is 5.41 Å². The Kier molecular flexibility index (Phi) is 2.13. The van der Waals surface area contributed by atoms with Crippen LogP contribution in [0.3, 0.4) is 0 Å². The van der Waals surface area contributed by atoms with E-state index in [1.807, 2.05) is 0 Å². The van der Waals surface area contributed by atoms with Gasteiger partial charge < -0.3 is 4.74 Å². The Morgan fingerprint density at radius 2 is 2.36 bits per heavy atom. The lowest BCUT2D eigenvalue weighted by molar-refractivity contribution is -0.144. The summed E-state index contributed by atoms with van der Waals surface area (Å²) in [6, 6.07) is 2.19. The lowest BCUT2D eigenvalue weighted by Gasteiger charge is -2.33. The van der Waals surface area contributed by atoms with Crippen LogP contribution in [0.1, 0.15) is 26.2 Å². The summed E-state index contributed by atoms with van der Waals surface area (Å²) in [6.45, 7) is 1.64. The van der Waals surface area contributed by atoms with Crippen molar-refractivity contribution < 1.29 is 9.53 Å². The molecule has 60 valence electrons. The monoisotopic (exact) mass is 153 g/mol. The summed E-state index contributed by atoms with van der Waals surface area (Å²) in [6.07, 6.45) is 2.82. The predicted octanol–water partition coefficient (Wildman–Crippen LogP) is 1.24. The van der Waals surface area contributed by atoms with Gasteiger partial charge in [0.2, 0.25) is 0 Å². The molecule has 0 amide bonds. The summed E-state index contributed by atoms with van der Waals surface area (Å²) >= 11 is 0. The highest BCUT2D eigenvalue weighted by Gasteiger charge is 2.38. The molecule has 0 atom stereocenters. The Morgan fingerprint density at radius 3 is 2.64 bits per heavy atom. The molecule has 0 aromatic heterocycles. The second kappa shape index (κ2) is 2.91. The third-order valence-corrected chi connectivity index (χ3v) is 2.10. The highest BCUT2D eigenvalue weighted by atomic mass is 16.5. The fourth-order valence-corrected chi connectivity index (χ4v) is 1.13. The van der Waals surface area contributed by atoms with E-state index in [1.165, 1.54) is 6.92 Å². The van der Waals surface area contributed by atoms with Crippen LogP contribution in [0.25, 0.3) is 0 Å². The molecule has 0 aliphatic heterocycles. The molecular weight excluding hydrogens is 142 g/mol. The third-order valence-electron chi connectivity index (χ3n) is 2.10. The Balaban J connectivity index is 2.35. The third kappa shape index (κ3) is 1.70. The molecule has 1 rings (SSSR count). The lowest BCUT2D eigenvalue weighted by Crippen LogP contribution is -2.33. The topological polar surface area (TPSA) is 50.1 Å². The van der Waals surface area contributed by atoms with Crippen LogP contribution >= 0.6 is 0 Å². The number of hydrogen-bond acceptors (Lipinski definition) is 3. The number of carbonyl (C=O) groups is 1. The normalized spacial score (nSPS) is 19.6. The van der Waals surface area contributed by atoms with Crippen LogP contribution in [0.15, 0.2) is 0 Å². The molecule has 0 radical (unpaired) electrons. The second-order valence-electron chi connectivity index (χ2n) is 3.03. The van der Waals surface area contributed by atoms with E-state index >= 15 is 0 Å². The van der Waals surface area contributed by atoms with E-state index in [9.17, 15) is 4.79 Å². The molecule has 0 N–H and O–H groups in total. The van der Waals surface area contributed by atoms with Crippen LogP contribution in [0, 0.1) is 16.7 Å². The number of nitrogens with zero attached hydrogens (tertiary/aromatic N) is 1. The molecule has 3 nitrogen and oxygen atoms in total. The largest absolute Gasteiger partial charge is 0.464 e. The van der Waals surface area contributed by atoms with Crippen molar-refractivity contribution in [3.8, 4) is 6.07 Å². The fourth-order valence-electron chi connectivity index (χ4n) is 1.13. The Labute approximate surface area is 66.0 Å². The van der Waals surface area contributed by atoms with Gasteiger partial charge in [-0.1, -0.05) is 6.42 Å².